The van der Waals surface area contributed by atoms with E-state index in [9.17, 15) is 8.42 Å². The van der Waals surface area contributed by atoms with Gasteiger partial charge in [0.25, 0.3) is 10.1 Å². The van der Waals surface area contributed by atoms with Crippen molar-refractivity contribution >= 4 is 10.1 Å². The molecule has 1 saturated heterocycles. The van der Waals surface area contributed by atoms with Crippen molar-refractivity contribution in [2.45, 2.75) is 37.6 Å². The van der Waals surface area contributed by atoms with E-state index >= 15 is 0 Å². The summed E-state index contributed by atoms with van der Waals surface area (Å²) in [6.45, 7) is 5.18. The monoisotopic (exact) mass is 403 g/mol. The Morgan fingerprint density at radius 3 is 2.25 bits per heavy atom. The molecule has 5 nitrogen and oxygen atoms in total. The van der Waals surface area contributed by atoms with Crippen molar-refractivity contribution in [1.29, 1.82) is 0 Å². The second-order valence-corrected chi connectivity index (χ2v) is 9.06. The number of rotatable bonds is 8. The van der Waals surface area contributed by atoms with Crippen LogP contribution >= 0.6 is 0 Å². The maximum atomic E-state index is 12.2. The van der Waals surface area contributed by atoms with Crippen LogP contribution in [0, 0.1) is 12.8 Å². The molecular formula is C22H29NO4S. The molecule has 1 aliphatic heterocycles. The number of hydrogen-bond donors (Lipinski definition) is 0. The average molecular weight is 404 g/mol. The van der Waals surface area contributed by atoms with Crippen LogP contribution in [0.25, 0.3) is 0 Å². The number of nitrogens with zero attached hydrogens (tertiary/aromatic N) is 1. The molecule has 1 fully saturated rings. The third kappa shape index (κ3) is 5.80. The van der Waals surface area contributed by atoms with Gasteiger partial charge in [-0.15, -0.1) is 0 Å². The number of hydrogen-bond acceptors (Lipinski definition) is 5. The second-order valence-electron chi connectivity index (χ2n) is 7.45. The van der Waals surface area contributed by atoms with Crippen molar-refractivity contribution < 1.29 is 17.3 Å². The summed E-state index contributed by atoms with van der Waals surface area (Å²) in [5.41, 5.74) is 2.31. The minimum absolute atomic E-state index is 0.229. The summed E-state index contributed by atoms with van der Waals surface area (Å²) in [6, 6.07) is 15.0. The van der Waals surface area contributed by atoms with E-state index < -0.39 is 10.1 Å². The summed E-state index contributed by atoms with van der Waals surface area (Å²) >= 11 is 0. The lowest BCUT2D eigenvalue weighted by Gasteiger charge is -2.31. The third-order valence-electron chi connectivity index (χ3n) is 5.35. The van der Waals surface area contributed by atoms with Gasteiger partial charge in [-0.05, 0) is 75.0 Å². The zero-order valence-corrected chi connectivity index (χ0v) is 17.5. The second kappa shape index (κ2) is 9.54. The first-order chi connectivity index (χ1) is 13.5. The molecule has 28 heavy (non-hydrogen) atoms. The van der Waals surface area contributed by atoms with Crippen LogP contribution in [-0.4, -0.2) is 40.1 Å². The van der Waals surface area contributed by atoms with Crippen molar-refractivity contribution in [3.8, 4) is 5.75 Å². The predicted octanol–water partition coefficient (Wildman–Crippen LogP) is 4.01. The molecule has 0 atom stereocenters. The number of aryl methyl sites for hydroxylation is 1. The molecule has 2 aromatic rings. The van der Waals surface area contributed by atoms with Crippen LogP contribution in [0.15, 0.2) is 53.4 Å². The number of methoxy groups -OCH3 is 1. The van der Waals surface area contributed by atoms with E-state index in [1.54, 1.807) is 31.4 Å². The number of piperidine rings is 1. The average Bonchev–Trinajstić information content (AvgIpc) is 2.70. The van der Waals surface area contributed by atoms with Gasteiger partial charge < -0.3 is 4.74 Å². The Morgan fingerprint density at radius 2 is 1.64 bits per heavy atom. The molecule has 0 spiro atoms. The molecule has 0 saturated carbocycles. The van der Waals surface area contributed by atoms with Crippen molar-refractivity contribution in [2.24, 2.45) is 5.92 Å². The first kappa shape index (κ1) is 20.8. The van der Waals surface area contributed by atoms with Gasteiger partial charge in [0.1, 0.15) is 5.75 Å². The highest BCUT2D eigenvalue weighted by Crippen LogP contribution is 2.23. The Labute approximate surface area is 168 Å². The first-order valence-corrected chi connectivity index (χ1v) is 11.2. The summed E-state index contributed by atoms with van der Waals surface area (Å²) in [6.07, 6.45) is 2.93. The molecule has 152 valence electrons. The Balaban J connectivity index is 1.40. The van der Waals surface area contributed by atoms with Crippen LogP contribution in [0.2, 0.25) is 0 Å². The van der Waals surface area contributed by atoms with Crippen LogP contribution in [0.3, 0.4) is 0 Å². The Bertz CT molecular complexity index is 839. The van der Waals surface area contributed by atoms with Crippen molar-refractivity contribution in [3.63, 3.8) is 0 Å². The molecule has 0 unspecified atom stereocenters. The van der Waals surface area contributed by atoms with E-state index in [1.807, 2.05) is 19.1 Å². The minimum Gasteiger partial charge on any atom is -0.497 e. The quantitative estimate of drug-likeness (QED) is 0.624. The maximum Gasteiger partial charge on any atom is 0.296 e. The van der Waals surface area contributed by atoms with E-state index in [1.165, 1.54) is 5.56 Å². The van der Waals surface area contributed by atoms with Crippen LogP contribution in [0.1, 0.15) is 30.4 Å². The number of likely N-dealkylation sites (tertiary alicyclic amines) is 1. The fraction of sp³-hybridized carbons (Fsp3) is 0.455. The zero-order chi connectivity index (χ0) is 20.0. The molecule has 2 aromatic carbocycles. The van der Waals surface area contributed by atoms with Crippen molar-refractivity contribution in [3.05, 3.63) is 59.7 Å². The van der Waals surface area contributed by atoms with Crippen LogP contribution in [0.5, 0.6) is 5.75 Å². The van der Waals surface area contributed by atoms with E-state index in [4.69, 9.17) is 8.92 Å². The zero-order valence-electron chi connectivity index (χ0n) is 16.6. The summed E-state index contributed by atoms with van der Waals surface area (Å²) in [5.74, 6) is 1.39. The van der Waals surface area contributed by atoms with Gasteiger partial charge in [0, 0.05) is 6.54 Å². The van der Waals surface area contributed by atoms with Gasteiger partial charge in [-0.25, -0.2) is 0 Å². The molecule has 0 amide bonds. The van der Waals surface area contributed by atoms with Crippen LogP contribution in [-0.2, 0) is 20.8 Å². The summed E-state index contributed by atoms with van der Waals surface area (Å²) < 4.78 is 34.9. The van der Waals surface area contributed by atoms with Gasteiger partial charge in [0.2, 0.25) is 0 Å². The Kier molecular flexibility index (Phi) is 7.10. The normalized spacial score (nSPS) is 16.2. The molecular weight excluding hydrogens is 374 g/mol. The standard InChI is InChI=1S/C22H29NO4S/c1-18-3-9-22(10-4-18)28(24,25)27-16-13-19-11-14-23(15-12-19)17-20-5-7-21(26-2)8-6-20/h3-10,19H,11-17H2,1-2H3. The lowest BCUT2D eigenvalue weighted by molar-refractivity contribution is 0.158. The van der Waals surface area contributed by atoms with E-state index in [0.717, 1.165) is 50.2 Å². The highest BCUT2D eigenvalue weighted by molar-refractivity contribution is 7.86. The lowest BCUT2D eigenvalue weighted by atomic mass is 9.94. The molecule has 0 radical (unpaired) electrons. The Morgan fingerprint density at radius 1 is 1.00 bits per heavy atom. The smallest absolute Gasteiger partial charge is 0.296 e. The molecule has 1 aliphatic rings. The van der Waals surface area contributed by atoms with Gasteiger partial charge in [0.15, 0.2) is 0 Å². The van der Waals surface area contributed by atoms with Gasteiger partial charge in [-0.1, -0.05) is 29.8 Å². The highest BCUT2D eigenvalue weighted by Gasteiger charge is 2.21. The SMILES string of the molecule is COc1ccc(CN2CCC(CCOS(=O)(=O)c3ccc(C)cc3)CC2)cc1. The van der Waals surface area contributed by atoms with Crippen LogP contribution < -0.4 is 4.74 Å². The molecule has 1 heterocycles. The third-order valence-corrected chi connectivity index (χ3v) is 6.67. The largest absolute Gasteiger partial charge is 0.497 e. The molecule has 6 heteroatoms. The van der Waals surface area contributed by atoms with Crippen molar-refractivity contribution in [1.82, 2.24) is 4.90 Å². The Hall–Kier alpha value is -1.89. The van der Waals surface area contributed by atoms with Gasteiger partial charge in [-0.3, -0.25) is 9.08 Å². The van der Waals surface area contributed by atoms with E-state index in [0.29, 0.717) is 5.92 Å². The lowest BCUT2D eigenvalue weighted by Crippen LogP contribution is -2.33. The molecule has 0 aromatic heterocycles. The van der Waals surface area contributed by atoms with Crippen LogP contribution in [0.4, 0.5) is 0 Å². The molecule has 0 bridgehead atoms. The van der Waals surface area contributed by atoms with E-state index in [-0.39, 0.29) is 11.5 Å². The number of ether oxygens (including phenoxy) is 1. The van der Waals surface area contributed by atoms with Gasteiger partial charge in [0.05, 0.1) is 18.6 Å². The summed E-state index contributed by atoms with van der Waals surface area (Å²) in [7, 11) is -1.98. The number of benzene rings is 2. The summed E-state index contributed by atoms with van der Waals surface area (Å²) in [4.78, 5) is 2.68. The maximum absolute atomic E-state index is 12.2. The van der Waals surface area contributed by atoms with Gasteiger partial charge >= 0.3 is 0 Å². The van der Waals surface area contributed by atoms with Crippen molar-refractivity contribution in [2.75, 3.05) is 26.8 Å². The molecule has 0 N–H and O–H groups in total. The highest BCUT2D eigenvalue weighted by atomic mass is 32.2. The van der Waals surface area contributed by atoms with E-state index in [2.05, 4.69) is 17.0 Å². The topological polar surface area (TPSA) is 55.8 Å². The molecule has 3 rings (SSSR count). The minimum atomic E-state index is -3.66. The molecule has 0 aliphatic carbocycles. The fourth-order valence-electron chi connectivity index (χ4n) is 3.52. The predicted molar refractivity (Wildman–Crippen MR) is 110 cm³/mol. The fourth-order valence-corrected chi connectivity index (χ4v) is 4.44. The summed E-state index contributed by atoms with van der Waals surface area (Å²) in [5, 5.41) is 0. The first-order valence-electron chi connectivity index (χ1n) is 9.77. The van der Waals surface area contributed by atoms with Gasteiger partial charge in [-0.2, -0.15) is 8.42 Å².